The third kappa shape index (κ3) is 3.13. The standard InChI is InChI=1S/C17H18Cl2/c1-4-13-5-7-14(8-6-13)17(19)15-9-11(2)12(3)10-16(15)18/h5-10,17H,4H2,1-3H3. The van der Waals surface area contributed by atoms with Crippen LogP contribution in [0.3, 0.4) is 0 Å². The van der Waals surface area contributed by atoms with Gasteiger partial charge in [-0.2, -0.15) is 0 Å². The average Bonchev–Trinajstić information content (AvgIpc) is 2.42. The molecule has 0 aromatic heterocycles. The molecule has 0 aliphatic carbocycles. The molecule has 1 unspecified atom stereocenters. The summed E-state index contributed by atoms with van der Waals surface area (Å²) in [5.41, 5.74) is 5.80. The molecule has 2 aromatic carbocycles. The molecule has 19 heavy (non-hydrogen) atoms. The number of alkyl halides is 1. The summed E-state index contributed by atoms with van der Waals surface area (Å²) in [7, 11) is 0. The monoisotopic (exact) mass is 292 g/mol. The van der Waals surface area contributed by atoms with Crippen LogP contribution in [0.25, 0.3) is 0 Å². The minimum atomic E-state index is -0.197. The Morgan fingerprint density at radius 2 is 1.58 bits per heavy atom. The average molecular weight is 293 g/mol. The first-order chi connectivity index (χ1) is 9.02. The van der Waals surface area contributed by atoms with Crippen molar-refractivity contribution in [3.63, 3.8) is 0 Å². The van der Waals surface area contributed by atoms with Gasteiger partial charge in [0.2, 0.25) is 0 Å². The predicted octanol–water partition coefficient (Wildman–Crippen LogP) is 5.85. The first kappa shape index (κ1) is 14.4. The fourth-order valence-corrected chi connectivity index (χ4v) is 2.81. The van der Waals surface area contributed by atoms with E-state index in [9.17, 15) is 0 Å². The van der Waals surface area contributed by atoms with Crippen LogP contribution in [-0.4, -0.2) is 0 Å². The summed E-state index contributed by atoms with van der Waals surface area (Å²) in [6.45, 7) is 6.29. The molecule has 2 heteroatoms. The van der Waals surface area contributed by atoms with Crippen molar-refractivity contribution in [3.05, 3.63) is 69.2 Å². The lowest BCUT2D eigenvalue weighted by Gasteiger charge is -2.15. The van der Waals surface area contributed by atoms with E-state index in [4.69, 9.17) is 23.2 Å². The Morgan fingerprint density at radius 3 is 2.16 bits per heavy atom. The molecule has 0 N–H and O–H groups in total. The molecule has 2 aromatic rings. The molecule has 0 radical (unpaired) electrons. The van der Waals surface area contributed by atoms with Gasteiger partial charge in [-0.25, -0.2) is 0 Å². The number of hydrogen-bond donors (Lipinski definition) is 0. The molecule has 0 fully saturated rings. The zero-order chi connectivity index (χ0) is 14.0. The largest absolute Gasteiger partial charge is 0.113 e. The van der Waals surface area contributed by atoms with Gasteiger partial charge in [0.1, 0.15) is 0 Å². The Bertz CT molecular complexity index is 571. The van der Waals surface area contributed by atoms with Gasteiger partial charge in [-0.05, 0) is 54.2 Å². The van der Waals surface area contributed by atoms with Crippen LogP contribution >= 0.6 is 23.2 Å². The van der Waals surface area contributed by atoms with Crippen LogP contribution in [0, 0.1) is 13.8 Å². The van der Waals surface area contributed by atoms with Crippen LogP contribution in [0.15, 0.2) is 36.4 Å². The van der Waals surface area contributed by atoms with Crippen LogP contribution in [-0.2, 0) is 6.42 Å². The number of benzene rings is 2. The van der Waals surface area contributed by atoms with Crippen molar-refractivity contribution in [2.45, 2.75) is 32.6 Å². The normalized spacial score (nSPS) is 12.5. The third-order valence-electron chi connectivity index (χ3n) is 3.57. The second-order valence-electron chi connectivity index (χ2n) is 4.92. The first-order valence-electron chi connectivity index (χ1n) is 6.52. The fourth-order valence-electron chi connectivity index (χ4n) is 2.10. The summed E-state index contributed by atoms with van der Waals surface area (Å²) in [4.78, 5) is 0. The van der Waals surface area contributed by atoms with Crippen molar-refractivity contribution >= 4 is 23.2 Å². The highest BCUT2D eigenvalue weighted by Gasteiger charge is 2.15. The Labute approximate surface area is 125 Å². The van der Waals surface area contributed by atoms with Crippen LogP contribution in [0.5, 0.6) is 0 Å². The molecule has 0 amide bonds. The molecular weight excluding hydrogens is 275 g/mol. The summed E-state index contributed by atoms with van der Waals surface area (Å²) in [6, 6.07) is 12.5. The summed E-state index contributed by atoms with van der Waals surface area (Å²) < 4.78 is 0. The van der Waals surface area contributed by atoms with Crippen molar-refractivity contribution in [2.75, 3.05) is 0 Å². The van der Waals surface area contributed by atoms with E-state index in [2.05, 4.69) is 51.1 Å². The highest BCUT2D eigenvalue weighted by atomic mass is 35.5. The van der Waals surface area contributed by atoms with Gasteiger partial charge in [0, 0.05) is 5.02 Å². The smallest absolute Gasteiger partial charge is 0.0849 e. The van der Waals surface area contributed by atoms with Crippen LogP contribution in [0.1, 0.15) is 40.1 Å². The molecule has 0 aliphatic heterocycles. The SMILES string of the molecule is CCc1ccc(C(Cl)c2cc(C)c(C)cc2Cl)cc1. The van der Waals surface area contributed by atoms with Crippen LogP contribution < -0.4 is 0 Å². The van der Waals surface area contributed by atoms with E-state index in [0.29, 0.717) is 0 Å². The summed E-state index contributed by atoms with van der Waals surface area (Å²) >= 11 is 12.9. The van der Waals surface area contributed by atoms with Crippen molar-refractivity contribution in [2.24, 2.45) is 0 Å². The molecule has 0 saturated heterocycles. The number of aryl methyl sites for hydroxylation is 3. The molecule has 100 valence electrons. The molecule has 0 saturated carbocycles. The molecular formula is C17H18Cl2. The molecule has 0 aliphatic rings. The van der Waals surface area contributed by atoms with E-state index >= 15 is 0 Å². The second kappa shape index (κ2) is 5.98. The quantitative estimate of drug-likeness (QED) is 0.623. The van der Waals surface area contributed by atoms with Gasteiger partial charge >= 0.3 is 0 Å². The zero-order valence-electron chi connectivity index (χ0n) is 11.5. The van der Waals surface area contributed by atoms with Gasteiger partial charge in [-0.1, -0.05) is 48.9 Å². The van der Waals surface area contributed by atoms with E-state index in [1.54, 1.807) is 0 Å². The van der Waals surface area contributed by atoms with Gasteiger partial charge < -0.3 is 0 Å². The summed E-state index contributed by atoms with van der Waals surface area (Å²) in [5, 5.41) is 0.542. The van der Waals surface area contributed by atoms with Gasteiger partial charge in [0.25, 0.3) is 0 Å². The van der Waals surface area contributed by atoms with Crippen molar-refractivity contribution < 1.29 is 0 Å². The minimum absolute atomic E-state index is 0.197. The maximum atomic E-state index is 6.57. The Morgan fingerprint density at radius 1 is 1.00 bits per heavy atom. The first-order valence-corrected chi connectivity index (χ1v) is 7.34. The lowest BCUT2D eigenvalue weighted by atomic mass is 9.99. The van der Waals surface area contributed by atoms with E-state index in [-0.39, 0.29) is 5.38 Å². The molecule has 0 bridgehead atoms. The van der Waals surface area contributed by atoms with Gasteiger partial charge in [0.05, 0.1) is 5.38 Å². The summed E-state index contributed by atoms with van der Waals surface area (Å²) in [6.07, 6.45) is 1.04. The summed E-state index contributed by atoms with van der Waals surface area (Å²) in [5.74, 6) is 0. The van der Waals surface area contributed by atoms with Crippen molar-refractivity contribution in [3.8, 4) is 0 Å². The molecule has 0 nitrogen and oxygen atoms in total. The predicted molar refractivity (Wildman–Crippen MR) is 84.4 cm³/mol. The number of halogens is 2. The Hall–Kier alpha value is -0.980. The van der Waals surface area contributed by atoms with Gasteiger partial charge in [0.15, 0.2) is 0 Å². The number of hydrogen-bond acceptors (Lipinski definition) is 0. The minimum Gasteiger partial charge on any atom is -0.113 e. The third-order valence-corrected chi connectivity index (χ3v) is 4.38. The maximum Gasteiger partial charge on any atom is 0.0849 e. The van der Waals surface area contributed by atoms with Crippen LogP contribution in [0.4, 0.5) is 0 Å². The lowest BCUT2D eigenvalue weighted by molar-refractivity contribution is 1.09. The van der Waals surface area contributed by atoms with Gasteiger partial charge in [-0.3, -0.25) is 0 Å². The molecule has 0 spiro atoms. The number of rotatable bonds is 3. The second-order valence-corrected chi connectivity index (χ2v) is 5.76. The highest BCUT2D eigenvalue weighted by Crippen LogP contribution is 2.35. The van der Waals surface area contributed by atoms with Crippen LogP contribution in [0.2, 0.25) is 5.02 Å². The van der Waals surface area contributed by atoms with E-state index in [0.717, 1.165) is 22.6 Å². The van der Waals surface area contributed by atoms with E-state index in [1.165, 1.54) is 16.7 Å². The molecule has 2 rings (SSSR count). The molecule has 0 heterocycles. The lowest BCUT2D eigenvalue weighted by Crippen LogP contribution is -1.97. The fraction of sp³-hybridized carbons (Fsp3) is 0.294. The maximum absolute atomic E-state index is 6.57. The highest BCUT2D eigenvalue weighted by molar-refractivity contribution is 6.33. The zero-order valence-corrected chi connectivity index (χ0v) is 13.0. The van der Waals surface area contributed by atoms with Crippen molar-refractivity contribution in [1.82, 2.24) is 0 Å². The Balaban J connectivity index is 2.37. The molecule has 1 atom stereocenters. The Kier molecular flexibility index (Phi) is 4.54. The van der Waals surface area contributed by atoms with E-state index in [1.807, 2.05) is 6.07 Å². The van der Waals surface area contributed by atoms with Crippen molar-refractivity contribution in [1.29, 1.82) is 0 Å². The topological polar surface area (TPSA) is 0 Å². The van der Waals surface area contributed by atoms with Gasteiger partial charge in [-0.15, -0.1) is 11.6 Å². The van der Waals surface area contributed by atoms with E-state index < -0.39 is 0 Å².